The van der Waals surface area contributed by atoms with Crippen LogP contribution in [0.4, 0.5) is 5.00 Å². The maximum absolute atomic E-state index is 12.3. The lowest BCUT2D eigenvalue weighted by Gasteiger charge is -2.04. The molecule has 0 saturated heterocycles. The number of benzene rings is 1. The number of anilines is 1. The molecule has 3 rings (SSSR count). The van der Waals surface area contributed by atoms with E-state index in [2.05, 4.69) is 10.5 Å². The smallest absolute Gasteiger partial charge is 0.341 e. The summed E-state index contributed by atoms with van der Waals surface area (Å²) in [6, 6.07) is 12.5. The zero-order chi connectivity index (χ0) is 16.9. The van der Waals surface area contributed by atoms with Crippen molar-refractivity contribution in [2.24, 2.45) is 0 Å². The molecule has 0 bridgehead atoms. The maximum Gasteiger partial charge on any atom is 0.341 e. The largest absolute Gasteiger partial charge is 0.462 e. The highest BCUT2D eigenvalue weighted by Gasteiger charge is 2.19. The van der Waals surface area contributed by atoms with E-state index in [1.54, 1.807) is 24.4 Å². The molecular weight excluding hydrogens is 328 g/mol. The number of amides is 1. The highest BCUT2D eigenvalue weighted by Crippen LogP contribution is 2.25. The van der Waals surface area contributed by atoms with Gasteiger partial charge < -0.3 is 14.6 Å². The zero-order valence-electron chi connectivity index (χ0n) is 12.8. The minimum Gasteiger partial charge on any atom is -0.462 e. The number of ether oxygens (including phenoxy) is 1. The Bertz CT molecular complexity index is 854. The number of carbonyl (C=O) groups is 2. The van der Waals surface area contributed by atoms with Gasteiger partial charge in [0.25, 0.3) is 5.91 Å². The molecule has 3 aromatic rings. The Morgan fingerprint density at radius 2 is 2.04 bits per heavy atom. The summed E-state index contributed by atoms with van der Waals surface area (Å²) < 4.78 is 10.2. The first-order valence-corrected chi connectivity index (χ1v) is 8.15. The molecule has 1 N–H and O–H groups in total. The third-order valence-corrected chi connectivity index (χ3v) is 4.02. The number of thiophene rings is 1. The molecule has 1 aromatic carbocycles. The molecule has 0 aliphatic carbocycles. The van der Waals surface area contributed by atoms with E-state index in [1.165, 1.54) is 11.3 Å². The summed E-state index contributed by atoms with van der Waals surface area (Å²) in [6.45, 7) is 1.99. The van der Waals surface area contributed by atoms with Crippen LogP contribution >= 0.6 is 11.3 Å². The molecular formula is C17H14N2O4S. The number of nitrogens with zero attached hydrogens (tertiary/aromatic N) is 1. The van der Waals surface area contributed by atoms with E-state index in [0.29, 0.717) is 16.3 Å². The number of hydrogen-bond donors (Lipinski definition) is 1. The number of nitrogens with one attached hydrogen (secondary N) is 1. The molecule has 0 fully saturated rings. The van der Waals surface area contributed by atoms with Crippen molar-refractivity contribution >= 4 is 28.2 Å². The van der Waals surface area contributed by atoms with Gasteiger partial charge in [-0.3, -0.25) is 4.79 Å². The van der Waals surface area contributed by atoms with Crippen LogP contribution in [0.25, 0.3) is 11.3 Å². The van der Waals surface area contributed by atoms with Crippen LogP contribution in [0.1, 0.15) is 27.8 Å². The molecule has 6 nitrogen and oxygen atoms in total. The van der Waals surface area contributed by atoms with Crippen LogP contribution in [0.3, 0.4) is 0 Å². The fourth-order valence-corrected chi connectivity index (χ4v) is 2.83. The Balaban J connectivity index is 1.76. The molecule has 7 heteroatoms. The topological polar surface area (TPSA) is 81.4 Å². The fraction of sp³-hybridized carbons (Fsp3) is 0.118. The van der Waals surface area contributed by atoms with Gasteiger partial charge in [-0.1, -0.05) is 35.5 Å². The number of carbonyl (C=O) groups excluding carboxylic acids is 2. The third-order valence-electron chi connectivity index (χ3n) is 3.19. The van der Waals surface area contributed by atoms with E-state index in [-0.39, 0.29) is 12.3 Å². The number of aromatic nitrogens is 1. The molecule has 122 valence electrons. The van der Waals surface area contributed by atoms with E-state index in [1.807, 2.05) is 30.3 Å². The molecule has 0 aliphatic heterocycles. The van der Waals surface area contributed by atoms with Crippen molar-refractivity contribution in [1.29, 1.82) is 0 Å². The van der Waals surface area contributed by atoms with Gasteiger partial charge in [-0.15, -0.1) is 11.3 Å². The van der Waals surface area contributed by atoms with Crippen molar-refractivity contribution in [3.63, 3.8) is 0 Å². The molecule has 0 spiro atoms. The minimum absolute atomic E-state index is 0.136. The van der Waals surface area contributed by atoms with Crippen LogP contribution in [-0.4, -0.2) is 23.6 Å². The van der Waals surface area contributed by atoms with E-state index < -0.39 is 11.9 Å². The Hall–Kier alpha value is -2.93. The zero-order valence-corrected chi connectivity index (χ0v) is 13.6. The summed E-state index contributed by atoms with van der Waals surface area (Å²) in [4.78, 5) is 24.1. The lowest BCUT2D eigenvalue weighted by atomic mass is 10.1. The van der Waals surface area contributed by atoms with Crippen molar-refractivity contribution in [3.05, 3.63) is 59.1 Å². The monoisotopic (exact) mass is 342 g/mol. The molecule has 0 unspecified atom stereocenters. The van der Waals surface area contributed by atoms with E-state index in [4.69, 9.17) is 9.26 Å². The first-order chi connectivity index (χ1) is 11.7. The van der Waals surface area contributed by atoms with E-state index in [0.717, 1.165) is 5.56 Å². The molecule has 2 heterocycles. The van der Waals surface area contributed by atoms with Crippen molar-refractivity contribution in [2.75, 3.05) is 11.9 Å². The van der Waals surface area contributed by atoms with Crippen molar-refractivity contribution in [1.82, 2.24) is 5.16 Å². The number of rotatable bonds is 5. The average molecular weight is 342 g/mol. The number of hydrogen-bond acceptors (Lipinski definition) is 6. The molecule has 0 atom stereocenters. The van der Waals surface area contributed by atoms with Crippen molar-refractivity contribution < 1.29 is 18.8 Å². The SMILES string of the molecule is CCOC(=O)c1ccsc1NC(=O)c1cc(-c2ccccc2)on1. The Morgan fingerprint density at radius 1 is 1.25 bits per heavy atom. The quantitative estimate of drug-likeness (QED) is 0.713. The first kappa shape index (κ1) is 15.9. The van der Waals surface area contributed by atoms with Gasteiger partial charge in [0.15, 0.2) is 11.5 Å². The summed E-state index contributed by atoms with van der Waals surface area (Å²) in [5, 5.41) is 8.58. The standard InChI is InChI=1S/C17H14N2O4S/c1-2-22-17(21)12-8-9-24-16(12)18-15(20)13-10-14(23-19-13)11-6-4-3-5-7-11/h3-10H,2H2,1H3,(H,18,20). The van der Waals surface area contributed by atoms with Gasteiger partial charge in [0, 0.05) is 11.6 Å². The number of esters is 1. The predicted octanol–water partition coefficient (Wildman–Crippen LogP) is 3.83. The molecule has 0 radical (unpaired) electrons. The van der Waals surface area contributed by atoms with Crippen molar-refractivity contribution in [2.45, 2.75) is 6.92 Å². The molecule has 0 saturated carbocycles. The minimum atomic E-state index is -0.473. The first-order valence-electron chi connectivity index (χ1n) is 7.27. The van der Waals surface area contributed by atoms with Crippen LogP contribution in [0.2, 0.25) is 0 Å². The molecule has 0 aliphatic rings. The van der Waals surface area contributed by atoms with Gasteiger partial charge >= 0.3 is 5.97 Å². The van der Waals surface area contributed by atoms with Crippen molar-refractivity contribution in [3.8, 4) is 11.3 Å². The molecule has 24 heavy (non-hydrogen) atoms. The second-order valence-corrected chi connectivity index (χ2v) is 5.70. The molecule has 2 aromatic heterocycles. The van der Waals surface area contributed by atoms with Gasteiger partial charge in [0.05, 0.1) is 12.2 Å². The Kier molecular flexibility index (Phi) is 4.72. The van der Waals surface area contributed by atoms with Crippen LogP contribution in [0.5, 0.6) is 0 Å². The predicted molar refractivity (Wildman–Crippen MR) is 90.2 cm³/mol. The van der Waals surface area contributed by atoms with Gasteiger partial charge in [-0.05, 0) is 18.4 Å². The summed E-state index contributed by atoms with van der Waals surface area (Å²) in [7, 11) is 0. The van der Waals surface area contributed by atoms with Gasteiger partial charge in [-0.25, -0.2) is 4.79 Å². The van der Waals surface area contributed by atoms with Crippen LogP contribution in [0, 0.1) is 0 Å². The normalized spacial score (nSPS) is 10.4. The highest BCUT2D eigenvalue weighted by atomic mass is 32.1. The van der Waals surface area contributed by atoms with E-state index in [9.17, 15) is 9.59 Å². The summed E-state index contributed by atoms with van der Waals surface area (Å²) in [5.41, 5.74) is 1.28. The van der Waals surface area contributed by atoms with Gasteiger partial charge in [-0.2, -0.15) is 0 Å². The lowest BCUT2D eigenvalue weighted by Crippen LogP contribution is -2.14. The van der Waals surface area contributed by atoms with Gasteiger partial charge in [0.1, 0.15) is 5.00 Å². The van der Waals surface area contributed by atoms with Crippen LogP contribution in [0.15, 0.2) is 52.4 Å². The average Bonchev–Trinajstić information content (AvgIpc) is 3.25. The third kappa shape index (κ3) is 3.36. The highest BCUT2D eigenvalue weighted by molar-refractivity contribution is 7.14. The van der Waals surface area contributed by atoms with E-state index >= 15 is 0 Å². The lowest BCUT2D eigenvalue weighted by molar-refractivity contribution is 0.0528. The van der Waals surface area contributed by atoms with Crippen LogP contribution in [-0.2, 0) is 4.74 Å². The summed E-state index contributed by atoms with van der Waals surface area (Å²) in [6.07, 6.45) is 0. The maximum atomic E-state index is 12.3. The Morgan fingerprint density at radius 3 is 2.79 bits per heavy atom. The second kappa shape index (κ2) is 7.10. The molecule has 1 amide bonds. The van der Waals surface area contributed by atoms with Crippen LogP contribution < -0.4 is 5.32 Å². The summed E-state index contributed by atoms with van der Waals surface area (Å²) in [5.74, 6) is -0.425. The Labute approximate surface area is 142 Å². The second-order valence-electron chi connectivity index (χ2n) is 4.78. The summed E-state index contributed by atoms with van der Waals surface area (Å²) >= 11 is 1.24. The fourth-order valence-electron chi connectivity index (χ4n) is 2.06. The van der Waals surface area contributed by atoms with Gasteiger partial charge in [0.2, 0.25) is 0 Å².